The highest BCUT2D eigenvalue weighted by molar-refractivity contribution is 6.09. The van der Waals surface area contributed by atoms with Crippen LogP contribution in [-0.2, 0) is 6.42 Å². The average molecular weight is 255 g/mol. The van der Waals surface area contributed by atoms with E-state index in [4.69, 9.17) is 4.74 Å². The zero-order valence-electron chi connectivity index (χ0n) is 11.2. The summed E-state index contributed by atoms with van der Waals surface area (Å²) in [6.45, 7) is 4.51. The summed E-state index contributed by atoms with van der Waals surface area (Å²) in [4.78, 5) is 16.5. The molecule has 0 fully saturated rings. The Hall–Kier alpha value is -2.16. The van der Waals surface area contributed by atoms with Crippen LogP contribution in [0.4, 0.5) is 0 Å². The van der Waals surface area contributed by atoms with Gasteiger partial charge in [-0.15, -0.1) is 0 Å². The van der Waals surface area contributed by atoms with Crippen LogP contribution in [0.5, 0.6) is 5.75 Å². The molecule has 0 aliphatic carbocycles. The quantitative estimate of drug-likeness (QED) is 0.770. The van der Waals surface area contributed by atoms with Gasteiger partial charge in [-0.25, -0.2) is 0 Å². The van der Waals surface area contributed by atoms with Crippen LogP contribution >= 0.6 is 0 Å². The van der Waals surface area contributed by atoms with E-state index in [1.807, 2.05) is 38.1 Å². The van der Waals surface area contributed by atoms with Crippen molar-refractivity contribution in [2.45, 2.75) is 20.3 Å². The van der Waals surface area contributed by atoms with Gasteiger partial charge in [-0.3, -0.25) is 9.78 Å². The van der Waals surface area contributed by atoms with Gasteiger partial charge in [-0.2, -0.15) is 0 Å². The molecular weight excluding hydrogens is 238 g/mol. The maximum atomic E-state index is 12.5. The number of carbonyl (C=O) groups is 1. The fourth-order valence-electron chi connectivity index (χ4n) is 1.99. The highest BCUT2D eigenvalue weighted by Crippen LogP contribution is 2.18. The molecule has 0 atom stereocenters. The molecule has 0 spiro atoms. The van der Waals surface area contributed by atoms with Crippen LogP contribution < -0.4 is 4.74 Å². The molecule has 2 rings (SSSR count). The maximum Gasteiger partial charge on any atom is 0.194 e. The van der Waals surface area contributed by atoms with Gasteiger partial charge in [-0.05, 0) is 25.0 Å². The SMILES string of the molecule is CCOc1cncc(C(=O)c2ccccc2CC)c1. The lowest BCUT2D eigenvalue weighted by Crippen LogP contribution is -2.06. The van der Waals surface area contributed by atoms with Crippen LogP contribution in [0.2, 0.25) is 0 Å². The summed E-state index contributed by atoms with van der Waals surface area (Å²) < 4.78 is 5.37. The van der Waals surface area contributed by atoms with E-state index in [0.717, 1.165) is 17.5 Å². The molecule has 2 aromatic rings. The van der Waals surface area contributed by atoms with Gasteiger partial charge in [0.15, 0.2) is 5.78 Å². The summed E-state index contributed by atoms with van der Waals surface area (Å²) >= 11 is 0. The van der Waals surface area contributed by atoms with Crippen molar-refractivity contribution in [2.75, 3.05) is 6.61 Å². The summed E-state index contributed by atoms with van der Waals surface area (Å²) in [5.41, 5.74) is 2.35. The van der Waals surface area contributed by atoms with Crippen LogP contribution in [0.1, 0.15) is 35.3 Å². The van der Waals surface area contributed by atoms with Crippen molar-refractivity contribution < 1.29 is 9.53 Å². The van der Waals surface area contributed by atoms with E-state index in [2.05, 4.69) is 4.98 Å². The number of aromatic nitrogens is 1. The van der Waals surface area contributed by atoms with Crippen molar-refractivity contribution in [3.05, 3.63) is 59.4 Å². The third-order valence-corrected chi connectivity index (χ3v) is 2.93. The van der Waals surface area contributed by atoms with Crippen LogP contribution in [0.25, 0.3) is 0 Å². The van der Waals surface area contributed by atoms with Crippen LogP contribution in [0.3, 0.4) is 0 Å². The minimum atomic E-state index is -0.00787. The Labute approximate surface area is 113 Å². The van der Waals surface area contributed by atoms with E-state index in [9.17, 15) is 4.79 Å². The molecule has 0 bridgehead atoms. The van der Waals surface area contributed by atoms with Gasteiger partial charge < -0.3 is 4.74 Å². The number of benzene rings is 1. The lowest BCUT2D eigenvalue weighted by atomic mass is 9.98. The van der Waals surface area contributed by atoms with E-state index in [1.54, 1.807) is 18.5 Å². The molecule has 1 aromatic carbocycles. The lowest BCUT2D eigenvalue weighted by molar-refractivity contribution is 0.103. The van der Waals surface area contributed by atoms with E-state index < -0.39 is 0 Å². The average Bonchev–Trinajstić information content (AvgIpc) is 2.47. The van der Waals surface area contributed by atoms with E-state index >= 15 is 0 Å². The number of ether oxygens (including phenoxy) is 1. The Morgan fingerprint density at radius 3 is 2.74 bits per heavy atom. The molecule has 0 aliphatic rings. The Bertz CT molecular complexity index is 578. The lowest BCUT2D eigenvalue weighted by Gasteiger charge is -2.08. The van der Waals surface area contributed by atoms with Crippen molar-refractivity contribution in [3.8, 4) is 5.75 Å². The van der Waals surface area contributed by atoms with Gasteiger partial charge in [0.1, 0.15) is 5.75 Å². The molecule has 19 heavy (non-hydrogen) atoms. The molecule has 0 amide bonds. The normalized spacial score (nSPS) is 10.2. The molecule has 0 radical (unpaired) electrons. The number of carbonyl (C=O) groups excluding carboxylic acids is 1. The van der Waals surface area contributed by atoms with E-state index in [1.165, 1.54) is 0 Å². The fraction of sp³-hybridized carbons (Fsp3) is 0.250. The standard InChI is InChI=1S/C16H17NO2/c1-3-12-7-5-6-8-15(12)16(18)13-9-14(19-4-2)11-17-10-13/h5-11H,3-4H2,1-2H3. The molecule has 0 saturated heterocycles. The van der Waals surface area contributed by atoms with Crippen LogP contribution in [-0.4, -0.2) is 17.4 Å². The molecular formula is C16H17NO2. The first-order valence-electron chi connectivity index (χ1n) is 6.46. The minimum absolute atomic E-state index is 0.00787. The van der Waals surface area contributed by atoms with Gasteiger partial charge >= 0.3 is 0 Å². The Morgan fingerprint density at radius 1 is 1.21 bits per heavy atom. The Morgan fingerprint density at radius 2 is 2.00 bits per heavy atom. The highest BCUT2D eigenvalue weighted by Gasteiger charge is 2.13. The summed E-state index contributed by atoms with van der Waals surface area (Å²) in [6.07, 6.45) is 4.03. The van der Waals surface area contributed by atoms with Gasteiger partial charge in [0, 0.05) is 17.3 Å². The predicted octanol–water partition coefficient (Wildman–Crippen LogP) is 3.27. The fourth-order valence-corrected chi connectivity index (χ4v) is 1.99. The highest BCUT2D eigenvalue weighted by atomic mass is 16.5. The maximum absolute atomic E-state index is 12.5. The Balaban J connectivity index is 2.35. The number of nitrogens with zero attached hydrogens (tertiary/aromatic N) is 1. The van der Waals surface area contributed by atoms with Crippen LogP contribution in [0.15, 0.2) is 42.7 Å². The summed E-state index contributed by atoms with van der Waals surface area (Å²) in [7, 11) is 0. The first-order chi connectivity index (χ1) is 9.26. The largest absolute Gasteiger partial charge is 0.492 e. The van der Waals surface area contributed by atoms with Crippen LogP contribution in [0, 0.1) is 0 Å². The van der Waals surface area contributed by atoms with Crippen molar-refractivity contribution in [2.24, 2.45) is 0 Å². The second kappa shape index (κ2) is 6.14. The second-order valence-electron chi connectivity index (χ2n) is 4.18. The minimum Gasteiger partial charge on any atom is -0.492 e. The molecule has 0 saturated carbocycles. The second-order valence-corrected chi connectivity index (χ2v) is 4.18. The number of pyridine rings is 1. The number of hydrogen-bond acceptors (Lipinski definition) is 3. The van der Waals surface area contributed by atoms with Gasteiger partial charge in [0.25, 0.3) is 0 Å². The molecule has 1 heterocycles. The molecule has 3 heteroatoms. The van der Waals surface area contributed by atoms with Crippen molar-refractivity contribution in [1.29, 1.82) is 0 Å². The summed E-state index contributed by atoms with van der Waals surface area (Å²) in [6, 6.07) is 9.41. The van der Waals surface area contributed by atoms with E-state index in [0.29, 0.717) is 17.9 Å². The molecule has 0 aliphatic heterocycles. The van der Waals surface area contributed by atoms with Gasteiger partial charge in [0.05, 0.1) is 12.8 Å². The third kappa shape index (κ3) is 2.99. The monoisotopic (exact) mass is 255 g/mol. The van der Waals surface area contributed by atoms with Crippen molar-refractivity contribution in [1.82, 2.24) is 4.98 Å². The van der Waals surface area contributed by atoms with Gasteiger partial charge in [-0.1, -0.05) is 31.2 Å². The zero-order valence-corrected chi connectivity index (χ0v) is 11.2. The molecule has 0 unspecified atom stereocenters. The van der Waals surface area contributed by atoms with Crippen molar-refractivity contribution in [3.63, 3.8) is 0 Å². The first kappa shape index (κ1) is 13.3. The molecule has 98 valence electrons. The molecule has 0 N–H and O–H groups in total. The topological polar surface area (TPSA) is 39.2 Å². The van der Waals surface area contributed by atoms with Gasteiger partial charge in [0.2, 0.25) is 0 Å². The third-order valence-electron chi connectivity index (χ3n) is 2.93. The summed E-state index contributed by atoms with van der Waals surface area (Å²) in [5, 5.41) is 0. The molecule has 1 aromatic heterocycles. The Kier molecular flexibility index (Phi) is 4.29. The van der Waals surface area contributed by atoms with E-state index in [-0.39, 0.29) is 5.78 Å². The number of aryl methyl sites for hydroxylation is 1. The number of rotatable bonds is 5. The summed E-state index contributed by atoms with van der Waals surface area (Å²) in [5.74, 6) is 0.619. The smallest absolute Gasteiger partial charge is 0.194 e. The molecule has 3 nitrogen and oxygen atoms in total. The van der Waals surface area contributed by atoms with Crippen molar-refractivity contribution >= 4 is 5.78 Å². The zero-order chi connectivity index (χ0) is 13.7. The first-order valence-corrected chi connectivity index (χ1v) is 6.46. The number of hydrogen-bond donors (Lipinski definition) is 0. The number of ketones is 1. The predicted molar refractivity (Wildman–Crippen MR) is 74.7 cm³/mol.